The van der Waals surface area contributed by atoms with E-state index in [0.717, 1.165) is 49.3 Å². The quantitative estimate of drug-likeness (QED) is 0.760. The number of hydrogen-bond acceptors (Lipinski definition) is 3. The number of aryl methyl sites for hydroxylation is 3. The van der Waals surface area contributed by atoms with Gasteiger partial charge in [0.1, 0.15) is 5.60 Å². The molecule has 1 aromatic carbocycles. The van der Waals surface area contributed by atoms with Crippen molar-refractivity contribution in [1.29, 1.82) is 0 Å². The minimum atomic E-state index is -0.837. The molecule has 140 valence electrons. The molecule has 0 spiro atoms. The van der Waals surface area contributed by atoms with Crippen LogP contribution in [-0.4, -0.2) is 33.1 Å². The lowest BCUT2D eigenvalue weighted by atomic mass is 9.96. The van der Waals surface area contributed by atoms with Crippen LogP contribution in [0.25, 0.3) is 10.9 Å². The largest absolute Gasteiger partial charge is 0.383 e. The molecule has 0 amide bonds. The molecule has 1 aliphatic heterocycles. The fourth-order valence-corrected chi connectivity index (χ4v) is 4.98. The molecule has 0 saturated heterocycles. The van der Waals surface area contributed by atoms with Gasteiger partial charge in [-0.15, -0.1) is 0 Å². The lowest BCUT2D eigenvalue weighted by Crippen LogP contribution is -2.32. The molecule has 1 unspecified atom stereocenters. The monoisotopic (exact) mass is 361 g/mol. The van der Waals surface area contributed by atoms with E-state index < -0.39 is 5.60 Å². The van der Waals surface area contributed by atoms with Gasteiger partial charge < -0.3 is 14.6 Å². The Morgan fingerprint density at radius 2 is 2.00 bits per heavy atom. The fraction of sp³-hybridized carbons (Fsp3) is 0.435. The number of hydrogen-bond donors (Lipinski definition) is 1. The molecular weight excluding hydrogens is 334 g/mol. The first-order valence-electron chi connectivity index (χ1n) is 9.93. The van der Waals surface area contributed by atoms with Crippen LogP contribution in [0.1, 0.15) is 40.2 Å². The van der Waals surface area contributed by atoms with Crippen molar-refractivity contribution >= 4 is 10.9 Å². The Labute approximate surface area is 160 Å². The van der Waals surface area contributed by atoms with Crippen LogP contribution in [0.2, 0.25) is 0 Å². The number of likely N-dealkylation sites (N-methyl/N-ethyl adjacent to an activating group) is 1. The first-order valence-corrected chi connectivity index (χ1v) is 9.93. The van der Waals surface area contributed by atoms with Crippen LogP contribution in [0, 0.1) is 13.8 Å². The average molecular weight is 361 g/mol. The van der Waals surface area contributed by atoms with E-state index in [9.17, 15) is 5.11 Å². The summed E-state index contributed by atoms with van der Waals surface area (Å²) >= 11 is 0. The number of pyridine rings is 1. The third-order valence-electron chi connectivity index (χ3n) is 6.42. The lowest BCUT2D eigenvalue weighted by Gasteiger charge is -2.29. The van der Waals surface area contributed by atoms with Crippen molar-refractivity contribution in [2.45, 2.75) is 51.8 Å². The molecule has 3 aromatic rings. The maximum absolute atomic E-state index is 11.6. The molecule has 4 heteroatoms. The average Bonchev–Trinajstić information content (AvgIpc) is 3.10. The molecular formula is C23H27N3O. The van der Waals surface area contributed by atoms with Gasteiger partial charge in [-0.1, -0.05) is 17.7 Å². The topological polar surface area (TPSA) is 41.3 Å². The Kier molecular flexibility index (Phi) is 3.72. The zero-order chi connectivity index (χ0) is 18.8. The Bertz CT molecular complexity index is 1050. The molecule has 1 N–H and O–H groups in total. The maximum atomic E-state index is 11.6. The summed E-state index contributed by atoms with van der Waals surface area (Å²) in [7, 11) is 2.18. The molecule has 2 aromatic heterocycles. The Hall–Kier alpha value is -2.17. The molecule has 0 fully saturated rings. The third-order valence-corrected chi connectivity index (χ3v) is 6.42. The molecule has 27 heavy (non-hydrogen) atoms. The van der Waals surface area contributed by atoms with Crippen molar-refractivity contribution in [2.75, 3.05) is 13.6 Å². The van der Waals surface area contributed by atoms with E-state index in [1.807, 2.05) is 13.0 Å². The third kappa shape index (κ3) is 2.62. The van der Waals surface area contributed by atoms with Gasteiger partial charge in [0.05, 0.1) is 6.54 Å². The molecule has 1 atom stereocenters. The van der Waals surface area contributed by atoms with Crippen LogP contribution < -0.4 is 0 Å². The summed E-state index contributed by atoms with van der Waals surface area (Å²) in [5, 5.41) is 13.0. The maximum Gasteiger partial charge on any atom is 0.110 e. The Morgan fingerprint density at radius 3 is 2.85 bits per heavy atom. The Balaban J connectivity index is 1.65. The normalized spacial score (nSPS) is 22.2. The van der Waals surface area contributed by atoms with Gasteiger partial charge in [-0.05, 0) is 63.9 Å². The van der Waals surface area contributed by atoms with Gasteiger partial charge in [0.15, 0.2) is 0 Å². The summed E-state index contributed by atoms with van der Waals surface area (Å²) in [5.74, 6) is 0. The SMILES string of the molecule is Cc1ccc2c(c1)c1c(n2CC2(O)CCc3nc(C)ccc32)CN(C)CC1. The predicted molar refractivity (Wildman–Crippen MR) is 108 cm³/mol. The second-order valence-corrected chi connectivity index (χ2v) is 8.50. The van der Waals surface area contributed by atoms with Crippen molar-refractivity contribution in [3.8, 4) is 0 Å². The highest BCUT2D eigenvalue weighted by Crippen LogP contribution is 2.40. The molecule has 0 radical (unpaired) electrons. The zero-order valence-electron chi connectivity index (χ0n) is 16.4. The van der Waals surface area contributed by atoms with Crippen LogP contribution in [0.5, 0.6) is 0 Å². The van der Waals surface area contributed by atoms with E-state index in [2.05, 4.69) is 52.7 Å². The summed E-state index contributed by atoms with van der Waals surface area (Å²) in [5.41, 5.74) is 7.65. The molecule has 0 saturated carbocycles. The molecule has 0 bridgehead atoms. The summed E-state index contributed by atoms with van der Waals surface area (Å²) in [6.07, 6.45) is 2.68. The number of aromatic nitrogens is 2. The van der Waals surface area contributed by atoms with Gasteiger partial charge in [-0.3, -0.25) is 4.98 Å². The lowest BCUT2D eigenvalue weighted by molar-refractivity contribution is 0.0202. The second-order valence-electron chi connectivity index (χ2n) is 8.50. The zero-order valence-corrected chi connectivity index (χ0v) is 16.4. The van der Waals surface area contributed by atoms with Gasteiger partial charge in [0.2, 0.25) is 0 Å². The van der Waals surface area contributed by atoms with E-state index >= 15 is 0 Å². The van der Waals surface area contributed by atoms with Crippen LogP contribution in [0.4, 0.5) is 0 Å². The van der Waals surface area contributed by atoms with Gasteiger partial charge in [-0.2, -0.15) is 0 Å². The smallest absolute Gasteiger partial charge is 0.110 e. The highest BCUT2D eigenvalue weighted by molar-refractivity contribution is 5.86. The van der Waals surface area contributed by atoms with Crippen molar-refractivity contribution < 1.29 is 5.11 Å². The predicted octanol–water partition coefficient (Wildman–Crippen LogP) is 3.48. The summed E-state index contributed by atoms with van der Waals surface area (Å²) < 4.78 is 2.38. The molecule has 3 heterocycles. The molecule has 5 rings (SSSR count). The molecule has 4 nitrogen and oxygen atoms in total. The van der Waals surface area contributed by atoms with E-state index in [1.165, 1.54) is 27.7 Å². The number of aliphatic hydroxyl groups is 1. The number of benzene rings is 1. The summed E-state index contributed by atoms with van der Waals surface area (Å²) in [4.78, 5) is 7.05. The number of rotatable bonds is 2. The van der Waals surface area contributed by atoms with Gasteiger partial charge in [0.25, 0.3) is 0 Å². The minimum Gasteiger partial charge on any atom is -0.383 e. The number of fused-ring (bicyclic) bond motifs is 4. The van der Waals surface area contributed by atoms with Gasteiger partial charge in [0, 0.05) is 46.6 Å². The highest BCUT2D eigenvalue weighted by Gasteiger charge is 2.39. The van der Waals surface area contributed by atoms with Crippen LogP contribution in [0.3, 0.4) is 0 Å². The standard InChI is InChI=1S/C23H27N3O/c1-15-4-7-21-18(12-15)17-9-11-25(3)13-22(17)26(21)14-23(27)10-8-20-19(23)6-5-16(2)24-20/h4-7,12,27H,8-11,13-14H2,1-3H3. The van der Waals surface area contributed by atoms with Crippen molar-refractivity contribution in [1.82, 2.24) is 14.5 Å². The Morgan fingerprint density at radius 1 is 1.15 bits per heavy atom. The van der Waals surface area contributed by atoms with Gasteiger partial charge in [-0.25, -0.2) is 0 Å². The number of nitrogens with zero attached hydrogens (tertiary/aromatic N) is 3. The molecule has 2 aliphatic rings. The van der Waals surface area contributed by atoms with Gasteiger partial charge >= 0.3 is 0 Å². The van der Waals surface area contributed by atoms with E-state index in [-0.39, 0.29) is 0 Å². The van der Waals surface area contributed by atoms with E-state index in [4.69, 9.17) is 0 Å². The van der Waals surface area contributed by atoms with Crippen molar-refractivity contribution in [3.63, 3.8) is 0 Å². The van der Waals surface area contributed by atoms with E-state index in [1.54, 1.807) is 0 Å². The summed E-state index contributed by atoms with van der Waals surface area (Å²) in [6.45, 7) is 6.82. The second kappa shape index (κ2) is 5.91. The van der Waals surface area contributed by atoms with Crippen molar-refractivity contribution in [2.24, 2.45) is 0 Å². The van der Waals surface area contributed by atoms with Crippen LogP contribution in [-0.2, 0) is 31.5 Å². The van der Waals surface area contributed by atoms with Crippen LogP contribution >= 0.6 is 0 Å². The molecule has 1 aliphatic carbocycles. The minimum absolute atomic E-state index is 0.605. The first-order chi connectivity index (χ1) is 12.9. The van der Waals surface area contributed by atoms with Crippen molar-refractivity contribution in [3.05, 3.63) is 64.1 Å². The fourth-order valence-electron chi connectivity index (χ4n) is 4.98. The first kappa shape index (κ1) is 17.0. The van der Waals surface area contributed by atoms with Crippen LogP contribution in [0.15, 0.2) is 30.3 Å². The summed E-state index contributed by atoms with van der Waals surface area (Å²) in [6, 6.07) is 10.8. The highest BCUT2D eigenvalue weighted by atomic mass is 16.3. The van der Waals surface area contributed by atoms with E-state index in [0.29, 0.717) is 6.54 Å².